The van der Waals surface area contributed by atoms with Crippen LogP contribution in [0.4, 0.5) is 0 Å². The lowest BCUT2D eigenvalue weighted by molar-refractivity contribution is -0.201. The first-order chi connectivity index (χ1) is 12.4. The van der Waals surface area contributed by atoms with Crippen LogP contribution in [0.25, 0.3) is 0 Å². The van der Waals surface area contributed by atoms with E-state index in [1.54, 1.807) is 0 Å². The second-order valence-corrected chi connectivity index (χ2v) is 10.00. The van der Waals surface area contributed by atoms with Gasteiger partial charge in [0, 0.05) is 29.2 Å². The van der Waals surface area contributed by atoms with Gasteiger partial charge in [0.05, 0.1) is 4.47 Å². The fourth-order valence-electron chi connectivity index (χ4n) is 6.15. The number of halogens is 1. The van der Waals surface area contributed by atoms with Gasteiger partial charge in [0.25, 0.3) is 0 Å². The molecule has 0 aliphatic heterocycles. The molecule has 4 bridgehead atoms. The van der Waals surface area contributed by atoms with Crippen LogP contribution in [-0.2, 0) is 19.9 Å². The maximum atomic E-state index is 13.6. The molecule has 4 aliphatic rings. The summed E-state index contributed by atoms with van der Waals surface area (Å²) in [5.41, 5.74) is -1.32. The van der Waals surface area contributed by atoms with E-state index in [0.29, 0.717) is 16.5 Å². The predicted molar refractivity (Wildman–Crippen MR) is 102 cm³/mol. The molecule has 0 spiro atoms. The number of aryl methyl sites for hydroxylation is 1. The van der Waals surface area contributed by atoms with Crippen molar-refractivity contribution in [3.8, 4) is 5.75 Å². The Kier molecular flexibility index (Phi) is 3.75. The minimum absolute atomic E-state index is 0.0458. The predicted octanol–water partition coefficient (Wildman–Crippen LogP) is 3.70. The van der Waals surface area contributed by atoms with Crippen LogP contribution < -0.4 is 0 Å². The molecule has 0 saturated heterocycles. The summed E-state index contributed by atoms with van der Waals surface area (Å²) in [4.78, 5) is 25.5. The number of aromatic hydroxyl groups is 1. The van der Waals surface area contributed by atoms with Crippen molar-refractivity contribution >= 4 is 27.7 Å². The van der Waals surface area contributed by atoms with Gasteiger partial charge in [-0.05, 0) is 52.7 Å². The Morgan fingerprint density at radius 3 is 2.56 bits per heavy atom. The number of aliphatic hydroxyl groups is 1. The second kappa shape index (κ2) is 5.35. The molecule has 5 nitrogen and oxygen atoms in total. The SMILES string of the molecule is CC(=O)OC1C(=O)C2(C)CCC3C2c2cc(C)c(Br)c(O)c2C1(O)C3(C)C. The van der Waals surface area contributed by atoms with Crippen LogP contribution in [0.3, 0.4) is 0 Å². The lowest BCUT2D eigenvalue weighted by atomic mass is 9.54. The highest BCUT2D eigenvalue weighted by atomic mass is 79.9. The molecule has 2 N–H and O–H groups in total. The number of ether oxygens (including phenoxy) is 1. The monoisotopic (exact) mass is 436 g/mol. The molecule has 0 amide bonds. The number of phenolic OH excluding ortho intramolecular Hbond substituents is 1. The van der Waals surface area contributed by atoms with E-state index in [0.717, 1.165) is 17.5 Å². The molecule has 0 aromatic heterocycles. The topological polar surface area (TPSA) is 83.8 Å². The van der Waals surface area contributed by atoms with Gasteiger partial charge in [-0.3, -0.25) is 9.59 Å². The highest BCUT2D eigenvalue weighted by Crippen LogP contribution is 2.72. The summed E-state index contributed by atoms with van der Waals surface area (Å²) >= 11 is 3.41. The average Bonchev–Trinajstić information content (AvgIpc) is 2.91. The fourth-order valence-corrected chi connectivity index (χ4v) is 6.46. The van der Waals surface area contributed by atoms with E-state index in [1.165, 1.54) is 6.92 Å². The minimum atomic E-state index is -1.80. The van der Waals surface area contributed by atoms with Crippen molar-refractivity contribution in [3.63, 3.8) is 0 Å². The molecular formula is C21H25BrO5. The van der Waals surface area contributed by atoms with E-state index in [4.69, 9.17) is 4.74 Å². The average molecular weight is 437 g/mol. The molecule has 146 valence electrons. The number of hydrogen-bond acceptors (Lipinski definition) is 5. The first-order valence-corrected chi connectivity index (χ1v) is 10.1. The van der Waals surface area contributed by atoms with Gasteiger partial charge in [-0.2, -0.15) is 0 Å². The van der Waals surface area contributed by atoms with Crippen LogP contribution in [0.15, 0.2) is 10.5 Å². The van der Waals surface area contributed by atoms with Crippen LogP contribution in [-0.4, -0.2) is 28.1 Å². The summed E-state index contributed by atoms with van der Waals surface area (Å²) in [6, 6.07) is 1.96. The number of hydrogen-bond donors (Lipinski definition) is 2. The number of carbonyl (C=O) groups excluding carboxylic acids is 2. The molecule has 2 saturated carbocycles. The van der Waals surface area contributed by atoms with Crippen LogP contribution in [0.1, 0.15) is 63.1 Å². The lowest BCUT2D eigenvalue weighted by Crippen LogP contribution is -2.59. The molecule has 5 unspecified atom stereocenters. The van der Waals surface area contributed by atoms with Gasteiger partial charge in [-0.1, -0.05) is 26.8 Å². The van der Waals surface area contributed by atoms with Crippen molar-refractivity contribution in [1.29, 1.82) is 0 Å². The van der Waals surface area contributed by atoms with Crippen LogP contribution in [0.5, 0.6) is 5.75 Å². The third kappa shape index (κ3) is 1.98. The molecule has 1 aromatic carbocycles. The van der Waals surface area contributed by atoms with Crippen molar-refractivity contribution in [3.05, 3.63) is 27.2 Å². The molecule has 2 fully saturated rings. The van der Waals surface area contributed by atoms with Crippen molar-refractivity contribution < 1.29 is 24.5 Å². The third-order valence-electron chi connectivity index (χ3n) is 7.60. The van der Waals surface area contributed by atoms with Crippen LogP contribution in [0.2, 0.25) is 0 Å². The van der Waals surface area contributed by atoms with E-state index in [-0.39, 0.29) is 23.4 Å². The molecule has 1 aromatic rings. The molecule has 6 heteroatoms. The van der Waals surface area contributed by atoms with Crippen molar-refractivity contribution in [1.82, 2.24) is 0 Å². The second-order valence-electron chi connectivity index (χ2n) is 9.20. The summed E-state index contributed by atoms with van der Waals surface area (Å²) < 4.78 is 5.98. The summed E-state index contributed by atoms with van der Waals surface area (Å²) in [6.45, 7) is 8.88. The number of Topliss-reactive ketones (excluding diaryl/α,β-unsaturated/α-hetero) is 1. The molecule has 5 atom stereocenters. The molecule has 27 heavy (non-hydrogen) atoms. The normalized spacial score (nSPS) is 38.5. The molecule has 0 radical (unpaired) electrons. The third-order valence-corrected chi connectivity index (χ3v) is 8.61. The molecular weight excluding hydrogens is 412 g/mol. The highest BCUT2D eigenvalue weighted by molar-refractivity contribution is 9.10. The van der Waals surface area contributed by atoms with E-state index in [1.807, 2.05) is 33.8 Å². The fraction of sp³-hybridized carbons (Fsp3) is 0.619. The first kappa shape index (κ1) is 18.9. The number of rotatable bonds is 1. The summed E-state index contributed by atoms with van der Waals surface area (Å²) in [5.74, 6) is -1.02. The van der Waals surface area contributed by atoms with Gasteiger partial charge in [-0.15, -0.1) is 0 Å². The molecule has 0 heterocycles. The van der Waals surface area contributed by atoms with Gasteiger partial charge in [-0.25, -0.2) is 0 Å². The number of carbonyl (C=O) groups is 2. The minimum Gasteiger partial charge on any atom is -0.506 e. The Morgan fingerprint density at radius 1 is 1.33 bits per heavy atom. The number of ketones is 1. The quantitative estimate of drug-likeness (QED) is 0.655. The zero-order valence-electron chi connectivity index (χ0n) is 16.2. The van der Waals surface area contributed by atoms with E-state index in [9.17, 15) is 19.8 Å². The Hall–Kier alpha value is -1.40. The van der Waals surface area contributed by atoms with Crippen molar-refractivity contribution in [2.24, 2.45) is 16.7 Å². The van der Waals surface area contributed by atoms with Crippen LogP contribution >= 0.6 is 15.9 Å². The Bertz CT molecular complexity index is 891. The Balaban J connectivity index is 2.17. The van der Waals surface area contributed by atoms with E-state index in [2.05, 4.69) is 15.9 Å². The van der Waals surface area contributed by atoms with Gasteiger partial charge >= 0.3 is 5.97 Å². The summed E-state index contributed by atoms with van der Waals surface area (Å²) in [7, 11) is 0. The summed E-state index contributed by atoms with van der Waals surface area (Å²) in [5, 5.41) is 23.1. The standard InChI is InChI=1S/C21H25BrO5/c1-9-8-11-13-12-6-7-20(13,5)17(25)18(27-10(2)23)21(26,19(12,3)4)14(11)16(24)15(9)22/h8,12-13,18,24,26H,6-7H2,1-5H3. The number of benzene rings is 1. The smallest absolute Gasteiger partial charge is 0.303 e. The van der Waals surface area contributed by atoms with Gasteiger partial charge in [0.15, 0.2) is 11.9 Å². The van der Waals surface area contributed by atoms with Gasteiger partial charge < -0.3 is 14.9 Å². The van der Waals surface area contributed by atoms with Crippen LogP contribution in [0, 0.1) is 23.7 Å². The maximum Gasteiger partial charge on any atom is 0.303 e. The van der Waals surface area contributed by atoms with E-state index < -0.39 is 28.5 Å². The highest BCUT2D eigenvalue weighted by Gasteiger charge is 2.74. The lowest BCUT2D eigenvalue weighted by Gasteiger charge is -2.53. The van der Waals surface area contributed by atoms with Gasteiger partial charge in [0.2, 0.25) is 0 Å². The van der Waals surface area contributed by atoms with Crippen molar-refractivity contribution in [2.75, 3.05) is 0 Å². The van der Waals surface area contributed by atoms with Crippen molar-refractivity contribution in [2.45, 2.75) is 65.1 Å². The first-order valence-electron chi connectivity index (χ1n) is 9.35. The van der Waals surface area contributed by atoms with E-state index >= 15 is 0 Å². The molecule has 4 aliphatic carbocycles. The molecule has 5 rings (SSSR count). The Labute approximate surface area is 167 Å². The zero-order valence-corrected chi connectivity index (χ0v) is 17.8. The number of fused-ring (bicyclic) bond motifs is 1. The largest absolute Gasteiger partial charge is 0.506 e. The maximum absolute atomic E-state index is 13.6. The number of phenols is 1. The number of esters is 1. The Morgan fingerprint density at radius 2 is 1.96 bits per heavy atom. The zero-order chi connectivity index (χ0) is 20.1. The van der Waals surface area contributed by atoms with Gasteiger partial charge in [0.1, 0.15) is 11.4 Å². The summed E-state index contributed by atoms with van der Waals surface area (Å²) in [6.07, 6.45) is 0.141.